The number of fused-ring (bicyclic) bond motifs is 1. The van der Waals surface area contributed by atoms with E-state index in [0.29, 0.717) is 16.5 Å². The number of H-pyrrole nitrogens is 1. The van der Waals surface area contributed by atoms with Crippen molar-refractivity contribution in [1.29, 1.82) is 0 Å². The van der Waals surface area contributed by atoms with Gasteiger partial charge in [-0.05, 0) is 0 Å². The zero-order valence-electron chi connectivity index (χ0n) is 7.51. The van der Waals surface area contributed by atoms with E-state index in [1.807, 2.05) is 22.9 Å². The molecule has 2 atom stereocenters. The quantitative estimate of drug-likeness (QED) is 0.699. The molecule has 2 aliphatic rings. The van der Waals surface area contributed by atoms with Gasteiger partial charge in [0, 0.05) is 24.4 Å². The molecule has 2 saturated heterocycles. The van der Waals surface area contributed by atoms with Crippen molar-refractivity contribution in [3.8, 4) is 0 Å². The molecule has 74 valence electrons. The molecule has 0 bridgehead atoms. The van der Waals surface area contributed by atoms with Crippen molar-refractivity contribution in [2.24, 2.45) is 0 Å². The molecule has 6 heteroatoms. The fourth-order valence-corrected chi connectivity index (χ4v) is 3.47. The van der Waals surface area contributed by atoms with Gasteiger partial charge >= 0.3 is 0 Å². The lowest BCUT2D eigenvalue weighted by molar-refractivity contribution is -0.140. The molecular formula is C8H10N4OS. The third-order valence-corrected chi connectivity index (χ3v) is 4.11. The molecule has 1 amide bonds. The van der Waals surface area contributed by atoms with Crippen LogP contribution in [0, 0.1) is 0 Å². The minimum atomic E-state index is 0.296. The average molecular weight is 210 g/mol. The summed E-state index contributed by atoms with van der Waals surface area (Å²) in [5, 5.41) is 11.3. The van der Waals surface area contributed by atoms with Crippen molar-refractivity contribution < 1.29 is 4.79 Å². The van der Waals surface area contributed by atoms with Gasteiger partial charge in [0.15, 0.2) is 0 Å². The highest BCUT2D eigenvalue weighted by Gasteiger charge is 2.44. The highest BCUT2D eigenvalue weighted by molar-refractivity contribution is 8.00. The summed E-state index contributed by atoms with van der Waals surface area (Å²) in [5.41, 5.74) is 0.984. The third kappa shape index (κ3) is 1.21. The summed E-state index contributed by atoms with van der Waals surface area (Å²) in [4.78, 5) is 13.1. The lowest BCUT2D eigenvalue weighted by Crippen LogP contribution is -2.47. The van der Waals surface area contributed by atoms with Crippen LogP contribution >= 0.6 is 11.8 Å². The molecule has 0 unspecified atom stereocenters. The second-order valence-electron chi connectivity index (χ2n) is 3.63. The third-order valence-electron chi connectivity index (χ3n) is 2.67. The maximum atomic E-state index is 11.1. The molecule has 14 heavy (non-hydrogen) atoms. The van der Waals surface area contributed by atoms with Crippen molar-refractivity contribution >= 4 is 17.7 Å². The van der Waals surface area contributed by atoms with Gasteiger partial charge in [0.05, 0.1) is 17.5 Å². The zero-order valence-corrected chi connectivity index (χ0v) is 8.33. The number of carbonyl (C=O) groups is 1. The summed E-state index contributed by atoms with van der Waals surface area (Å²) in [7, 11) is 0. The summed E-state index contributed by atoms with van der Waals surface area (Å²) in [6.45, 7) is 0.876. The molecule has 2 aliphatic heterocycles. The number of thioether (sulfide) groups is 1. The first kappa shape index (κ1) is 8.28. The predicted octanol–water partition coefficient (Wildman–Crippen LogP) is 0.0210. The Balaban J connectivity index is 1.64. The summed E-state index contributed by atoms with van der Waals surface area (Å²) in [6.07, 6.45) is 3.44. The Bertz CT molecular complexity index is 352. The molecule has 0 aliphatic carbocycles. The van der Waals surface area contributed by atoms with Crippen LogP contribution in [0.3, 0.4) is 0 Å². The largest absolute Gasteiger partial charge is 0.329 e. The number of aromatic amines is 1. The maximum Gasteiger partial charge on any atom is 0.226 e. The lowest BCUT2D eigenvalue weighted by Gasteiger charge is -2.32. The first-order valence-electron chi connectivity index (χ1n) is 4.63. The molecule has 1 aromatic heterocycles. The van der Waals surface area contributed by atoms with E-state index >= 15 is 0 Å². The minimum Gasteiger partial charge on any atom is -0.329 e. The fraction of sp³-hybridized carbons (Fsp3) is 0.625. The highest BCUT2D eigenvalue weighted by atomic mass is 32.2. The Morgan fingerprint density at radius 3 is 3.29 bits per heavy atom. The summed E-state index contributed by atoms with van der Waals surface area (Å²) in [6, 6.07) is 0. The summed E-state index contributed by atoms with van der Waals surface area (Å²) < 4.78 is 0. The molecule has 1 N–H and O–H groups in total. The molecule has 0 radical (unpaired) electrons. The van der Waals surface area contributed by atoms with E-state index < -0.39 is 0 Å². The first-order chi connectivity index (χ1) is 6.83. The number of β-lactam (4-membered cyclic amide) rings is 1. The summed E-state index contributed by atoms with van der Waals surface area (Å²) >= 11 is 1.89. The number of rotatable bonds is 2. The molecule has 0 spiro atoms. The Morgan fingerprint density at radius 1 is 1.71 bits per heavy atom. The second-order valence-corrected chi connectivity index (χ2v) is 5.11. The van der Waals surface area contributed by atoms with Crippen molar-refractivity contribution in [1.82, 2.24) is 20.3 Å². The summed E-state index contributed by atoms with van der Waals surface area (Å²) in [5.74, 6) is 0.296. The normalized spacial score (nSPS) is 30.3. The zero-order chi connectivity index (χ0) is 9.54. The van der Waals surface area contributed by atoms with Crippen molar-refractivity contribution in [3.05, 3.63) is 11.9 Å². The molecule has 0 aromatic carbocycles. The van der Waals surface area contributed by atoms with Crippen LogP contribution in [0.4, 0.5) is 0 Å². The molecule has 0 saturated carbocycles. The van der Waals surface area contributed by atoms with Crippen LogP contribution in [0.25, 0.3) is 0 Å². The Labute approximate surface area is 85.2 Å². The number of hydrogen-bond acceptors (Lipinski definition) is 4. The van der Waals surface area contributed by atoms with Crippen molar-refractivity contribution in [2.75, 3.05) is 6.54 Å². The van der Waals surface area contributed by atoms with Crippen molar-refractivity contribution in [2.45, 2.75) is 23.5 Å². The van der Waals surface area contributed by atoms with Crippen LogP contribution in [0.1, 0.15) is 12.1 Å². The van der Waals surface area contributed by atoms with Crippen LogP contribution in [0.2, 0.25) is 0 Å². The van der Waals surface area contributed by atoms with Gasteiger partial charge in [-0.25, -0.2) is 0 Å². The topological polar surface area (TPSA) is 61.9 Å². The Kier molecular flexibility index (Phi) is 1.76. The van der Waals surface area contributed by atoms with E-state index in [4.69, 9.17) is 0 Å². The van der Waals surface area contributed by atoms with Crippen LogP contribution < -0.4 is 0 Å². The number of hydrogen-bond donors (Lipinski definition) is 1. The number of nitrogens with one attached hydrogen (secondary N) is 1. The number of aromatic nitrogens is 3. The Morgan fingerprint density at radius 2 is 2.64 bits per heavy atom. The monoisotopic (exact) mass is 210 g/mol. The number of carbonyl (C=O) groups excluding carboxylic acids is 1. The second kappa shape index (κ2) is 2.98. The highest BCUT2D eigenvalue weighted by Crippen LogP contribution is 2.40. The van der Waals surface area contributed by atoms with Gasteiger partial charge in [-0.15, -0.1) is 16.9 Å². The standard InChI is InChI=1S/C8H10N4OS/c13-7-2-8-12(7)4-6(14-8)1-5-3-9-11-10-5/h3,6,8H,1-2,4H2,(H,9,10,11)/t6-,8+/m0/s1. The number of nitrogens with zero attached hydrogens (tertiary/aromatic N) is 3. The van der Waals surface area contributed by atoms with Crippen LogP contribution in [0.5, 0.6) is 0 Å². The van der Waals surface area contributed by atoms with E-state index in [1.54, 1.807) is 0 Å². The van der Waals surface area contributed by atoms with Gasteiger partial charge in [-0.3, -0.25) is 9.89 Å². The molecular weight excluding hydrogens is 200 g/mol. The van der Waals surface area contributed by atoms with Crippen LogP contribution in [0.15, 0.2) is 6.20 Å². The van der Waals surface area contributed by atoms with E-state index in [2.05, 4.69) is 15.4 Å². The predicted molar refractivity (Wildman–Crippen MR) is 51.6 cm³/mol. The molecule has 3 heterocycles. The Hall–Kier alpha value is -1.04. The molecule has 5 nitrogen and oxygen atoms in total. The van der Waals surface area contributed by atoms with Crippen molar-refractivity contribution in [3.63, 3.8) is 0 Å². The number of amides is 1. The van der Waals surface area contributed by atoms with Gasteiger partial charge in [-0.1, -0.05) is 5.21 Å². The first-order valence-corrected chi connectivity index (χ1v) is 5.57. The minimum absolute atomic E-state index is 0.296. The van der Waals surface area contributed by atoms with Gasteiger partial charge in [-0.2, -0.15) is 0 Å². The fourth-order valence-electron chi connectivity index (χ4n) is 1.92. The van der Waals surface area contributed by atoms with Crippen LogP contribution in [-0.2, 0) is 11.2 Å². The van der Waals surface area contributed by atoms with E-state index in [0.717, 1.165) is 25.1 Å². The van der Waals surface area contributed by atoms with Gasteiger partial charge in [0.2, 0.25) is 5.91 Å². The SMILES string of the molecule is O=C1C[C@H]2S[C@@H](Cc3c[nH]nn3)CN12. The van der Waals surface area contributed by atoms with Crippen LogP contribution in [-0.4, -0.2) is 43.4 Å². The van der Waals surface area contributed by atoms with Gasteiger partial charge in [0.25, 0.3) is 0 Å². The molecule has 1 aromatic rings. The smallest absolute Gasteiger partial charge is 0.226 e. The molecule has 3 rings (SSSR count). The van der Waals surface area contributed by atoms with E-state index in [1.165, 1.54) is 0 Å². The lowest BCUT2D eigenvalue weighted by atomic mass is 10.1. The van der Waals surface area contributed by atoms with E-state index in [-0.39, 0.29) is 0 Å². The average Bonchev–Trinajstić information content (AvgIpc) is 2.74. The van der Waals surface area contributed by atoms with E-state index in [9.17, 15) is 4.79 Å². The maximum absolute atomic E-state index is 11.1. The van der Waals surface area contributed by atoms with Gasteiger partial charge < -0.3 is 4.90 Å². The molecule has 2 fully saturated rings. The van der Waals surface area contributed by atoms with Gasteiger partial charge in [0.1, 0.15) is 0 Å².